The van der Waals surface area contributed by atoms with Gasteiger partial charge in [0.05, 0.1) is 6.54 Å². The van der Waals surface area contributed by atoms with Gasteiger partial charge in [0.15, 0.2) is 5.96 Å². The van der Waals surface area contributed by atoms with E-state index in [1.807, 2.05) is 31.2 Å². The lowest BCUT2D eigenvalue weighted by Crippen LogP contribution is -2.42. The van der Waals surface area contributed by atoms with Crippen LogP contribution in [-0.4, -0.2) is 45.2 Å². The Morgan fingerprint density at radius 3 is 2.72 bits per heavy atom. The van der Waals surface area contributed by atoms with Gasteiger partial charge in [0.1, 0.15) is 6.10 Å². The first-order chi connectivity index (χ1) is 12.1. The summed E-state index contributed by atoms with van der Waals surface area (Å²) < 4.78 is 5.53. The first-order valence-electron chi connectivity index (χ1n) is 8.72. The lowest BCUT2D eigenvalue weighted by Gasteiger charge is -2.16. The highest BCUT2D eigenvalue weighted by Gasteiger charge is 2.28. The maximum absolute atomic E-state index is 11.6. The molecular formula is C18H27ClN4O2. The summed E-state index contributed by atoms with van der Waals surface area (Å²) >= 11 is 6.04. The van der Waals surface area contributed by atoms with E-state index >= 15 is 0 Å². The van der Waals surface area contributed by atoms with Crippen LogP contribution in [0, 0.1) is 5.92 Å². The Hall–Kier alpha value is -1.79. The fraction of sp³-hybridized carbons (Fsp3) is 0.556. The van der Waals surface area contributed by atoms with Gasteiger partial charge in [-0.25, -0.2) is 0 Å². The molecule has 0 aliphatic heterocycles. The Kier molecular flexibility index (Phi) is 8.01. The SMILES string of the molecule is CCNC(=NCC(OC)c1cccc(Cl)c1)NCCNC(=O)C1CC1. The highest BCUT2D eigenvalue weighted by atomic mass is 35.5. The summed E-state index contributed by atoms with van der Waals surface area (Å²) in [5.41, 5.74) is 0.992. The van der Waals surface area contributed by atoms with Crippen molar-refractivity contribution < 1.29 is 9.53 Å². The monoisotopic (exact) mass is 366 g/mol. The lowest BCUT2D eigenvalue weighted by atomic mass is 10.1. The smallest absolute Gasteiger partial charge is 0.223 e. The van der Waals surface area contributed by atoms with E-state index in [2.05, 4.69) is 20.9 Å². The molecule has 2 rings (SSSR count). The zero-order valence-corrected chi connectivity index (χ0v) is 15.6. The fourth-order valence-electron chi connectivity index (χ4n) is 2.40. The second-order valence-electron chi connectivity index (χ2n) is 5.99. The van der Waals surface area contributed by atoms with Crippen LogP contribution in [0.5, 0.6) is 0 Å². The highest BCUT2D eigenvalue weighted by Crippen LogP contribution is 2.28. The van der Waals surface area contributed by atoms with Gasteiger partial charge >= 0.3 is 0 Å². The zero-order valence-electron chi connectivity index (χ0n) is 14.8. The van der Waals surface area contributed by atoms with Crippen molar-refractivity contribution in [3.63, 3.8) is 0 Å². The number of carbonyl (C=O) groups excluding carboxylic acids is 1. The minimum Gasteiger partial charge on any atom is -0.375 e. The summed E-state index contributed by atoms with van der Waals surface area (Å²) in [6, 6.07) is 7.60. The molecule has 1 aliphatic carbocycles. The van der Waals surface area contributed by atoms with E-state index in [4.69, 9.17) is 16.3 Å². The van der Waals surface area contributed by atoms with E-state index in [-0.39, 0.29) is 17.9 Å². The summed E-state index contributed by atoms with van der Waals surface area (Å²) in [4.78, 5) is 16.2. The van der Waals surface area contributed by atoms with E-state index in [0.29, 0.717) is 30.6 Å². The molecule has 1 aliphatic rings. The van der Waals surface area contributed by atoms with Crippen molar-refractivity contribution in [1.82, 2.24) is 16.0 Å². The molecule has 1 fully saturated rings. The molecule has 1 saturated carbocycles. The summed E-state index contributed by atoms with van der Waals surface area (Å²) in [6.45, 7) is 4.45. The Bertz CT molecular complexity index is 590. The van der Waals surface area contributed by atoms with Gasteiger partial charge < -0.3 is 20.7 Å². The van der Waals surface area contributed by atoms with Gasteiger partial charge in [0.2, 0.25) is 5.91 Å². The molecule has 1 unspecified atom stereocenters. The van der Waals surface area contributed by atoms with Crippen LogP contribution in [0.4, 0.5) is 0 Å². The molecule has 0 spiro atoms. The largest absolute Gasteiger partial charge is 0.375 e. The topological polar surface area (TPSA) is 74.8 Å². The lowest BCUT2D eigenvalue weighted by molar-refractivity contribution is -0.122. The van der Waals surface area contributed by atoms with E-state index in [9.17, 15) is 4.79 Å². The third-order valence-corrected chi connectivity index (χ3v) is 4.16. The molecule has 0 bridgehead atoms. The van der Waals surface area contributed by atoms with Crippen molar-refractivity contribution in [3.05, 3.63) is 34.9 Å². The molecule has 1 atom stereocenters. The Morgan fingerprint density at radius 2 is 2.08 bits per heavy atom. The molecule has 25 heavy (non-hydrogen) atoms. The molecule has 0 saturated heterocycles. The molecule has 1 aromatic rings. The molecule has 0 radical (unpaired) electrons. The zero-order chi connectivity index (χ0) is 18.1. The molecule has 7 heteroatoms. The number of rotatable bonds is 9. The van der Waals surface area contributed by atoms with Crippen molar-refractivity contribution in [2.45, 2.75) is 25.9 Å². The van der Waals surface area contributed by atoms with Gasteiger partial charge in [-0.3, -0.25) is 9.79 Å². The normalized spacial score (nSPS) is 15.6. The first-order valence-corrected chi connectivity index (χ1v) is 9.10. The second-order valence-corrected chi connectivity index (χ2v) is 6.43. The molecule has 1 aromatic carbocycles. The number of halogens is 1. The predicted molar refractivity (Wildman–Crippen MR) is 101 cm³/mol. The van der Waals surface area contributed by atoms with Crippen molar-refractivity contribution in [2.75, 3.05) is 33.3 Å². The van der Waals surface area contributed by atoms with E-state index < -0.39 is 0 Å². The van der Waals surface area contributed by atoms with Gasteiger partial charge in [-0.15, -0.1) is 0 Å². The van der Waals surface area contributed by atoms with Crippen LogP contribution in [0.3, 0.4) is 0 Å². The number of carbonyl (C=O) groups is 1. The van der Waals surface area contributed by atoms with Crippen molar-refractivity contribution in [3.8, 4) is 0 Å². The van der Waals surface area contributed by atoms with E-state index in [1.165, 1.54) is 0 Å². The number of guanidine groups is 1. The third kappa shape index (κ3) is 6.92. The predicted octanol–water partition coefficient (Wildman–Crippen LogP) is 2.11. The summed E-state index contributed by atoms with van der Waals surface area (Å²) in [5.74, 6) is 1.10. The molecule has 1 amide bonds. The second kappa shape index (κ2) is 10.3. The van der Waals surface area contributed by atoms with E-state index in [0.717, 1.165) is 24.9 Å². The Labute approximate surface area is 154 Å². The number of hydrogen-bond donors (Lipinski definition) is 3. The van der Waals surface area contributed by atoms with Crippen LogP contribution >= 0.6 is 11.6 Å². The Morgan fingerprint density at radius 1 is 1.32 bits per heavy atom. The maximum Gasteiger partial charge on any atom is 0.223 e. The van der Waals surface area contributed by atoms with Gasteiger partial charge in [0, 0.05) is 37.7 Å². The number of nitrogens with zero attached hydrogens (tertiary/aromatic N) is 1. The quantitative estimate of drug-likeness (QED) is 0.355. The summed E-state index contributed by atoms with van der Waals surface area (Å²) in [7, 11) is 1.66. The highest BCUT2D eigenvalue weighted by molar-refractivity contribution is 6.30. The molecule has 138 valence electrons. The first kappa shape index (κ1) is 19.5. The van der Waals surface area contributed by atoms with Gasteiger partial charge in [0.25, 0.3) is 0 Å². The fourth-order valence-corrected chi connectivity index (χ4v) is 2.59. The third-order valence-electron chi connectivity index (χ3n) is 3.93. The van der Waals surface area contributed by atoms with Crippen LogP contribution in [0.2, 0.25) is 5.02 Å². The molecule has 6 nitrogen and oxygen atoms in total. The minimum atomic E-state index is -0.163. The van der Waals surface area contributed by atoms with Crippen LogP contribution in [0.1, 0.15) is 31.4 Å². The standard InChI is InChI=1S/C18H27ClN4O2/c1-3-20-18(22-10-9-21-17(24)13-7-8-13)23-12-16(25-2)14-5-4-6-15(19)11-14/h4-6,11,13,16H,3,7-10,12H2,1-2H3,(H,21,24)(H2,20,22,23). The number of benzene rings is 1. The van der Waals surface area contributed by atoms with Crippen molar-refractivity contribution in [1.29, 1.82) is 0 Å². The molecule has 3 N–H and O–H groups in total. The number of hydrogen-bond acceptors (Lipinski definition) is 3. The molecule has 0 heterocycles. The van der Waals surface area contributed by atoms with E-state index in [1.54, 1.807) is 7.11 Å². The molecule has 0 aromatic heterocycles. The number of ether oxygens (including phenoxy) is 1. The maximum atomic E-state index is 11.6. The molecular weight excluding hydrogens is 340 g/mol. The van der Waals surface area contributed by atoms with Gasteiger partial charge in [-0.2, -0.15) is 0 Å². The van der Waals surface area contributed by atoms with Crippen molar-refractivity contribution in [2.24, 2.45) is 10.9 Å². The van der Waals surface area contributed by atoms with Crippen molar-refractivity contribution >= 4 is 23.5 Å². The van der Waals surface area contributed by atoms with Crippen LogP contribution in [0.25, 0.3) is 0 Å². The average Bonchev–Trinajstić information content (AvgIpc) is 3.44. The van der Waals surface area contributed by atoms with Crippen LogP contribution < -0.4 is 16.0 Å². The minimum absolute atomic E-state index is 0.157. The van der Waals surface area contributed by atoms with Gasteiger partial charge in [-0.05, 0) is 37.5 Å². The number of amides is 1. The Balaban J connectivity index is 1.82. The van der Waals surface area contributed by atoms with Crippen LogP contribution in [-0.2, 0) is 9.53 Å². The average molecular weight is 367 g/mol. The summed E-state index contributed by atoms with van der Waals surface area (Å²) in [5, 5.41) is 10.0. The summed E-state index contributed by atoms with van der Waals surface area (Å²) in [6.07, 6.45) is 1.88. The number of nitrogens with one attached hydrogen (secondary N) is 3. The van der Waals surface area contributed by atoms with Crippen LogP contribution in [0.15, 0.2) is 29.3 Å². The number of methoxy groups -OCH3 is 1. The van der Waals surface area contributed by atoms with Gasteiger partial charge in [-0.1, -0.05) is 23.7 Å². The number of aliphatic imine (C=N–C) groups is 1.